The SMILES string of the molecule is Cc1cc(C(=O)N2CCC[C@H](c3ccc(-c4c(C)noc4C)cn3)C2)on1. The number of aromatic nitrogens is 3. The van der Waals surface area contributed by atoms with Gasteiger partial charge in [0.1, 0.15) is 5.76 Å². The van der Waals surface area contributed by atoms with Crippen LogP contribution in [0.3, 0.4) is 0 Å². The Balaban J connectivity index is 1.51. The van der Waals surface area contributed by atoms with Crippen molar-refractivity contribution in [3.8, 4) is 11.1 Å². The highest BCUT2D eigenvalue weighted by Gasteiger charge is 2.28. The second kappa shape index (κ2) is 6.98. The fraction of sp³-hybridized carbons (Fsp3) is 0.400. The number of nitrogens with zero attached hydrogens (tertiary/aromatic N) is 4. The van der Waals surface area contributed by atoms with E-state index < -0.39 is 0 Å². The molecule has 0 N–H and O–H groups in total. The molecule has 1 aliphatic heterocycles. The molecule has 0 saturated carbocycles. The molecule has 0 unspecified atom stereocenters. The molecule has 1 aliphatic rings. The van der Waals surface area contributed by atoms with Gasteiger partial charge in [0.15, 0.2) is 0 Å². The zero-order valence-corrected chi connectivity index (χ0v) is 15.7. The molecule has 3 aromatic rings. The van der Waals surface area contributed by atoms with Crippen molar-refractivity contribution in [2.45, 2.75) is 39.5 Å². The minimum atomic E-state index is -0.104. The Morgan fingerprint density at radius 1 is 1.19 bits per heavy atom. The third kappa shape index (κ3) is 3.37. The van der Waals surface area contributed by atoms with E-state index in [9.17, 15) is 4.79 Å². The molecular weight excluding hydrogens is 344 g/mol. The van der Waals surface area contributed by atoms with Crippen LogP contribution in [0.2, 0.25) is 0 Å². The van der Waals surface area contributed by atoms with Crippen LogP contribution < -0.4 is 0 Å². The number of carbonyl (C=O) groups is 1. The topological polar surface area (TPSA) is 85.3 Å². The van der Waals surface area contributed by atoms with Crippen LogP contribution in [0.5, 0.6) is 0 Å². The van der Waals surface area contributed by atoms with Crippen molar-refractivity contribution in [3.05, 3.63) is 53.0 Å². The summed E-state index contributed by atoms with van der Waals surface area (Å²) in [5, 5.41) is 7.81. The van der Waals surface area contributed by atoms with Crippen LogP contribution in [-0.4, -0.2) is 39.2 Å². The number of rotatable bonds is 3. The summed E-state index contributed by atoms with van der Waals surface area (Å²) in [5.74, 6) is 1.20. The summed E-state index contributed by atoms with van der Waals surface area (Å²) in [6, 6.07) is 5.77. The minimum Gasteiger partial charge on any atom is -0.361 e. The highest BCUT2D eigenvalue weighted by Crippen LogP contribution is 2.30. The van der Waals surface area contributed by atoms with E-state index >= 15 is 0 Å². The number of likely N-dealkylation sites (tertiary alicyclic amines) is 1. The molecule has 0 bridgehead atoms. The van der Waals surface area contributed by atoms with Crippen LogP contribution in [-0.2, 0) is 0 Å². The lowest BCUT2D eigenvalue weighted by atomic mass is 9.93. The lowest BCUT2D eigenvalue weighted by Crippen LogP contribution is -2.39. The van der Waals surface area contributed by atoms with Gasteiger partial charge in [-0.2, -0.15) is 0 Å². The van der Waals surface area contributed by atoms with Gasteiger partial charge in [-0.1, -0.05) is 16.4 Å². The van der Waals surface area contributed by atoms with Gasteiger partial charge in [-0.15, -0.1) is 0 Å². The molecule has 4 heterocycles. The lowest BCUT2D eigenvalue weighted by molar-refractivity contribution is 0.0664. The Bertz CT molecular complexity index is 939. The predicted octanol–water partition coefficient (Wildman–Crippen LogP) is 3.67. The summed E-state index contributed by atoms with van der Waals surface area (Å²) in [4.78, 5) is 19.1. The molecule has 140 valence electrons. The first-order valence-electron chi connectivity index (χ1n) is 9.14. The molecule has 0 radical (unpaired) electrons. The van der Waals surface area contributed by atoms with Gasteiger partial charge in [-0.25, -0.2) is 0 Å². The fourth-order valence-electron chi connectivity index (χ4n) is 3.71. The van der Waals surface area contributed by atoms with Crippen molar-refractivity contribution >= 4 is 5.91 Å². The quantitative estimate of drug-likeness (QED) is 0.703. The van der Waals surface area contributed by atoms with Crippen LogP contribution in [0.25, 0.3) is 11.1 Å². The Kier molecular flexibility index (Phi) is 4.51. The molecular formula is C20H22N4O3. The molecule has 1 fully saturated rings. The van der Waals surface area contributed by atoms with Crippen LogP contribution in [0.4, 0.5) is 0 Å². The van der Waals surface area contributed by atoms with E-state index in [1.54, 1.807) is 6.07 Å². The molecule has 1 atom stereocenters. The standard InChI is InChI=1S/C20H22N4O3/c1-12-9-18(27-22-12)20(25)24-8-4-5-16(11-24)17-7-6-15(10-21-17)19-13(2)23-26-14(19)3/h6-7,9-10,16H,4-5,8,11H2,1-3H3/t16-/m0/s1. The van der Waals surface area contributed by atoms with E-state index in [4.69, 9.17) is 9.05 Å². The van der Waals surface area contributed by atoms with Gasteiger partial charge in [0.25, 0.3) is 5.91 Å². The number of amides is 1. The molecule has 7 heteroatoms. The molecule has 1 saturated heterocycles. The number of pyridine rings is 1. The predicted molar refractivity (Wildman–Crippen MR) is 98.3 cm³/mol. The molecule has 3 aromatic heterocycles. The number of hydrogen-bond donors (Lipinski definition) is 0. The number of piperidine rings is 1. The van der Waals surface area contributed by atoms with E-state index in [0.717, 1.165) is 47.7 Å². The van der Waals surface area contributed by atoms with Crippen molar-refractivity contribution in [1.29, 1.82) is 0 Å². The molecule has 0 aliphatic carbocycles. The third-order valence-electron chi connectivity index (χ3n) is 5.07. The van der Waals surface area contributed by atoms with Crippen LogP contribution >= 0.6 is 0 Å². The van der Waals surface area contributed by atoms with Crippen LogP contribution in [0.1, 0.15) is 52.2 Å². The van der Waals surface area contributed by atoms with Crippen molar-refractivity contribution in [2.75, 3.05) is 13.1 Å². The molecule has 27 heavy (non-hydrogen) atoms. The van der Waals surface area contributed by atoms with E-state index in [2.05, 4.69) is 21.4 Å². The van der Waals surface area contributed by atoms with Crippen LogP contribution in [0, 0.1) is 20.8 Å². The van der Waals surface area contributed by atoms with E-state index in [1.807, 2.05) is 37.9 Å². The van der Waals surface area contributed by atoms with Crippen molar-refractivity contribution in [1.82, 2.24) is 20.2 Å². The molecule has 0 spiro atoms. The molecule has 1 amide bonds. The van der Waals surface area contributed by atoms with E-state index in [1.165, 1.54) is 0 Å². The lowest BCUT2D eigenvalue weighted by Gasteiger charge is -2.31. The zero-order valence-electron chi connectivity index (χ0n) is 15.7. The van der Waals surface area contributed by atoms with Gasteiger partial charge in [-0.05, 0) is 39.7 Å². The van der Waals surface area contributed by atoms with Crippen molar-refractivity contribution in [3.63, 3.8) is 0 Å². The third-order valence-corrected chi connectivity index (χ3v) is 5.07. The maximum absolute atomic E-state index is 12.6. The Labute approximate surface area is 157 Å². The van der Waals surface area contributed by atoms with Gasteiger partial charge >= 0.3 is 0 Å². The first kappa shape index (κ1) is 17.5. The minimum absolute atomic E-state index is 0.104. The second-order valence-electron chi connectivity index (χ2n) is 7.09. The summed E-state index contributed by atoms with van der Waals surface area (Å²) < 4.78 is 10.4. The van der Waals surface area contributed by atoms with Gasteiger partial charge in [0.2, 0.25) is 5.76 Å². The maximum atomic E-state index is 12.6. The van der Waals surface area contributed by atoms with Crippen LogP contribution in [0.15, 0.2) is 33.4 Å². The summed E-state index contributed by atoms with van der Waals surface area (Å²) in [5.41, 5.74) is 4.56. The second-order valence-corrected chi connectivity index (χ2v) is 7.09. The average Bonchev–Trinajstić information content (AvgIpc) is 3.27. The van der Waals surface area contributed by atoms with E-state index in [-0.39, 0.29) is 11.8 Å². The molecule has 4 rings (SSSR count). The average molecular weight is 366 g/mol. The van der Waals surface area contributed by atoms with Gasteiger partial charge in [-0.3, -0.25) is 9.78 Å². The maximum Gasteiger partial charge on any atom is 0.292 e. The number of aryl methyl sites for hydroxylation is 3. The smallest absolute Gasteiger partial charge is 0.292 e. The van der Waals surface area contributed by atoms with E-state index in [0.29, 0.717) is 18.0 Å². The zero-order chi connectivity index (χ0) is 19.0. The first-order chi connectivity index (χ1) is 13.0. The monoisotopic (exact) mass is 366 g/mol. The van der Waals surface area contributed by atoms with Crippen molar-refractivity contribution < 1.29 is 13.8 Å². The molecule has 7 nitrogen and oxygen atoms in total. The normalized spacial score (nSPS) is 17.3. The summed E-state index contributed by atoms with van der Waals surface area (Å²) in [6.07, 6.45) is 3.82. The fourth-order valence-corrected chi connectivity index (χ4v) is 3.71. The Hall–Kier alpha value is -2.96. The number of carbonyl (C=O) groups excluding carboxylic acids is 1. The van der Waals surface area contributed by atoms with Gasteiger partial charge in [0.05, 0.1) is 11.4 Å². The highest BCUT2D eigenvalue weighted by atomic mass is 16.5. The van der Waals surface area contributed by atoms with Gasteiger partial charge in [0, 0.05) is 48.1 Å². The van der Waals surface area contributed by atoms with Crippen molar-refractivity contribution in [2.24, 2.45) is 0 Å². The summed E-state index contributed by atoms with van der Waals surface area (Å²) in [7, 11) is 0. The first-order valence-corrected chi connectivity index (χ1v) is 9.14. The molecule has 0 aromatic carbocycles. The highest BCUT2D eigenvalue weighted by molar-refractivity contribution is 5.91. The van der Waals surface area contributed by atoms with Gasteiger partial charge < -0.3 is 13.9 Å². The Morgan fingerprint density at radius 2 is 2.04 bits per heavy atom. The summed E-state index contributed by atoms with van der Waals surface area (Å²) in [6.45, 7) is 7.00. The largest absolute Gasteiger partial charge is 0.361 e. The Morgan fingerprint density at radius 3 is 2.67 bits per heavy atom. The summed E-state index contributed by atoms with van der Waals surface area (Å²) >= 11 is 0. The number of hydrogen-bond acceptors (Lipinski definition) is 6.